The van der Waals surface area contributed by atoms with Crippen LogP contribution in [-0.4, -0.2) is 18.0 Å². The molecule has 0 aliphatic heterocycles. The lowest BCUT2D eigenvalue weighted by atomic mass is 10.1. The Hall–Kier alpha value is -1.93. The van der Waals surface area contributed by atoms with Crippen LogP contribution < -0.4 is 10.6 Å². The van der Waals surface area contributed by atoms with E-state index in [-0.39, 0.29) is 17.0 Å². The normalized spacial score (nSPS) is 10.9. The Kier molecular flexibility index (Phi) is 5.02. The highest BCUT2D eigenvalue weighted by Gasteiger charge is 2.10. The minimum Gasteiger partial charge on any atom is -0.326 e. The predicted molar refractivity (Wildman–Crippen MR) is 72.1 cm³/mol. The van der Waals surface area contributed by atoms with Gasteiger partial charge in [-0.25, -0.2) is 4.39 Å². The topological polar surface area (TPSA) is 64.9 Å². The first kappa shape index (κ1) is 15.1. The molecule has 0 atom stereocenters. The number of nitriles is 1. The van der Waals surface area contributed by atoms with E-state index in [0.29, 0.717) is 18.7 Å². The molecule has 0 heterocycles. The minimum absolute atomic E-state index is 0.0376. The van der Waals surface area contributed by atoms with Crippen LogP contribution in [0.25, 0.3) is 0 Å². The lowest BCUT2D eigenvalue weighted by Gasteiger charge is -2.20. The summed E-state index contributed by atoms with van der Waals surface area (Å²) in [6, 6.07) is 5.66. The quantitative estimate of drug-likeness (QED) is 0.876. The average molecular weight is 263 g/mol. The Morgan fingerprint density at radius 1 is 1.42 bits per heavy atom. The minimum atomic E-state index is -0.588. The molecule has 1 rings (SSSR count). The van der Waals surface area contributed by atoms with Crippen molar-refractivity contribution in [1.29, 1.82) is 5.26 Å². The van der Waals surface area contributed by atoms with Gasteiger partial charge >= 0.3 is 0 Å². The molecule has 0 aliphatic carbocycles. The van der Waals surface area contributed by atoms with E-state index >= 15 is 0 Å². The molecule has 0 bridgehead atoms. The van der Waals surface area contributed by atoms with Crippen LogP contribution in [0.2, 0.25) is 0 Å². The number of anilines is 1. The number of carbonyl (C=O) groups is 1. The highest BCUT2D eigenvalue weighted by molar-refractivity contribution is 5.91. The van der Waals surface area contributed by atoms with Gasteiger partial charge in [-0.2, -0.15) is 5.26 Å². The Balaban J connectivity index is 2.51. The summed E-state index contributed by atoms with van der Waals surface area (Å²) in [6.07, 6.45) is 0.316. The fourth-order valence-electron chi connectivity index (χ4n) is 1.46. The molecular formula is C14H18FN3O. The van der Waals surface area contributed by atoms with Gasteiger partial charge in [0.2, 0.25) is 5.91 Å². The second-order valence-electron chi connectivity index (χ2n) is 5.28. The Labute approximate surface area is 112 Å². The van der Waals surface area contributed by atoms with Crippen molar-refractivity contribution in [3.05, 3.63) is 29.6 Å². The van der Waals surface area contributed by atoms with Crippen LogP contribution in [0.5, 0.6) is 0 Å². The van der Waals surface area contributed by atoms with Gasteiger partial charge in [0.15, 0.2) is 0 Å². The summed E-state index contributed by atoms with van der Waals surface area (Å²) in [5.41, 5.74) is 0.314. The first-order chi connectivity index (χ1) is 8.81. The molecule has 2 N–H and O–H groups in total. The zero-order valence-corrected chi connectivity index (χ0v) is 11.4. The van der Waals surface area contributed by atoms with E-state index in [2.05, 4.69) is 10.6 Å². The van der Waals surface area contributed by atoms with Crippen LogP contribution in [0.15, 0.2) is 18.2 Å². The molecule has 0 radical (unpaired) electrons. The molecule has 1 aromatic rings. The van der Waals surface area contributed by atoms with Crippen LogP contribution in [0.4, 0.5) is 10.1 Å². The summed E-state index contributed by atoms with van der Waals surface area (Å²) in [5.74, 6) is -0.762. The predicted octanol–water partition coefficient (Wildman–Crippen LogP) is 2.41. The number of nitrogens with one attached hydrogen (secondary N) is 2. The van der Waals surface area contributed by atoms with E-state index in [0.717, 1.165) is 0 Å². The van der Waals surface area contributed by atoms with Gasteiger partial charge in [0.05, 0.1) is 5.56 Å². The van der Waals surface area contributed by atoms with Gasteiger partial charge in [-0.15, -0.1) is 0 Å². The van der Waals surface area contributed by atoms with E-state index in [4.69, 9.17) is 5.26 Å². The van der Waals surface area contributed by atoms with Gasteiger partial charge in [-0.05, 0) is 39.0 Å². The van der Waals surface area contributed by atoms with Gasteiger partial charge in [-0.1, -0.05) is 0 Å². The fourth-order valence-corrected chi connectivity index (χ4v) is 1.46. The third-order valence-corrected chi connectivity index (χ3v) is 2.38. The summed E-state index contributed by atoms with van der Waals surface area (Å²) in [6.45, 7) is 6.61. The van der Waals surface area contributed by atoms with Gasteiger partial charge in [0, 0.05) is 24.2 Å². The third kappa shape index (κ3) is 5.49. The molecule has 0 spiro atoms. The second-order valence-corrected chi connectivity index (χ2v) is 5.28. The molecule has 0 aliphatic rings. The molecule has 1 amide bonds. The van der Waals surface area contributed by atoms with Crippen LogP contribution in [0.3, 0.4) is 0 Å². The van der Waals surface area contributed by atoms with Crippen molar-refractivity contribution >= 4 is 11.6 Å². The summed E-state index contributed by atoms with van der Waals surface area (Å²) in [4.78, 5) is 11.7. The molecule has 0 saturated heterocycles. The van der Waals surface area contributed by atoms with E-state index in [1.807, 2.05) is 20.8 Å². The summed E-state index contributed by atoms with van der Waals surface area (Å²) >= 11 is 0. The Bertz CT molecular complexity index is 500. The lowest BCUT2D eigenvalue weighted by Crippen LogP contribution is -2.37. The van der Waals surface area contributed by atoms with E-state index in [9.17, 15) is 9.18 Å². The van der Waals surface area contributed by atoms with Crippen molar-refractivity contribution in [2.75, 3.05) is 11.9 Å². The maximum Gasteiger partial charge on any atom is 0.225 e. The molecule has 0 unspecified atom stereocenters. The van der Waals surface area contributed by atoms with Crippen molar-refractivity contribution in [2.24, 2.45) is 0 Å². The molecular weight excluding hydrogens is 245 g/mol. The number of hydrogen-bond donors (Lipinski definition) is 2. The van der Waals surface area contributed by atoms with Crippen LogP contribution in [-0.2, 0) is 4.79 Å². The smallest absolute Gasteiger partial charge is 0.225 e. The largest absolute Gasteiger partial charge is 0.326 e. The number of rotatable bonds is 4. The van der Waals surface area contributed by atoms with Crippen LogP contribution >= 0.6 is 0 Å². The average Bonchev–Trinajstić information content (AvgIpc) is 2.30. The van der Waals surface area contributed by atoms with Crippen LogP contribution in [0, 0.1) is 17.1 Å². The number of benzene rings is 1. The summed E-state index contributed by atoms with van der Waals surface area (Å²) < 4.78 is 13.1. The van der Waals surface area contributed by atoms with Gasteiger partial charge in [0.25, 0.3) is 0 Å². The zero-order valence-electron chi connectivity index (χ0n) is 11.4. The number of nitrogens with zero attached hydrogens (tertiary/aromatic N) is 1. The third-order valence-electron chi connectivity index (χ3n) is 2.38. The van der Waals surface area contributed by atoms with Crippen molar-refractivity contribution in [1.82, 2.24) is 5.32 Å². The molecule has 19 heavy (non-hydrogen) atoms. The SMILES string of the molecule is CC(C)(C)NCCC(=O)Nc1ccc(F)c(C#N)c1. The number of amides is 1. The Morgan fingerprint density at radius 3 is 2.68 bits per heavy atom. The van der Waals surface area contributed by atoms with E-state index in [1.54, 1.807) is 6.07 Å². The van der Waals surface area contributed by atoms with E-state index < -0.39 is 5.82 Å². The first-order valence-electron chi connectivity index (χ1n) is 6.06. The second kappa shape index (κ2) is 6.30. The lowest BCUT2D eigenvalue weighted by molar-refractivity contribution is -0.116. The van der Waals surface area contributed by atoms with Gasteiger partial charge < -0.3 is 10.6 Å². The molecule has 0 aromatic heterocycles. The monoisotopic (exact) mass is 263 g/mol. The summed E-state index contributed by atoms with van der Waals surface area (Å²) in [5, 5.41) is 14.5. The molecule has 0 fully saturated rings. The number of hydrogen-bond acceptors (Lipinski definition) is 3. The number of carbonyl (C=O) groups excluding carboxylic acids is 1. The highest BCUT2D eigenvalue weighted by Crippen LogP contribution is 2.14. The Morgan fingerprint density at radius 2 is 2.11 bits per heavy atom. The van der Waals surface area contributed by atoms with Crippen molar-refractivity contribution in [2.45, 2.75) is 32.7 Å². The number of halogens is 1. The molecule has 5 heteroatoms. The van der Waals surface area contributed by atoms with Crippen molar-refractivity contribution < 1.29 is 9.18 Å². The molecule has 4 nitrogen and oxygen atoms in total. The van der Waals surface area contributed by atoms with Gasteiger partial charge in [-0.3, -0.25) is 4.79 Å². The zero-order chi connectivity index (χ0) is 14.5. The molecule has 1 aromatic carbocycles. The molecule has 102 valence electrons. The highest BCUT2D eigenvalue weighted by atomic mass is 19.1. The van der Waals surface area contributed by atoms with Gasteiger partial charge in [0.1, 0.15) is 11.9 Å². The summed E-state index contributed by atoms with van der Waals surface area (Å²) in [7, 11) is 0. The first-order valence-corrected chi connectivity index (χ1v) is 6.06. The van der Waals surface area contributed by atoms with Crippen molar-refractivity contribution in [3.8, 4) is 6.07 Å². The maximum absolute atomic E-state index is 13.1. The maximum atomic E-state index is 13.1. The standard InChI is InChI=1S/C14H18FN3O/c1-14(2,3)17-7-6-13(19)18-11-4-5-12(15)10(8-11)9-16/h4-5,8,17H,6-7H2,1-3H3,(H,18,19). The van der Waals surface area contributed by atoms with Crippen molar-refractivity contribution in [3.63, 3.8) is 0 Å². The van der Waals surface area contributed by atoms with E-state index in [1.165, 1.54) is 18.2 Å². The molecule has 0 saturated carbocycles. The van der Waals surface area contributed by atoms with Crippen LogP contribution in [0.1, 0.15) is 32.8 Å². The fraction of sp³-hybridized carbons (Fsp3) is 0.429.